The summed E-state index contributed by atoms with van der Waals surface area (Å²) in [7, 11) is 2.07. The van der Waals surface area contributed by atoms with E-state index in [1.807, 2.05) is 4.90 Å². The Morgan fingerprint density at radius 2 is 1.74 bits per heavy atom. The number of halogens is 3. The van der Waals surface area contributed by atoms with Gasteiger partial charge >= 0.3 is 6.18 Å². The SMILES string of the molecule is CN1CCN(Cc2nc3nc(-c4cnc(N)nc4C(F)(F)F)nc(N4CCOCC4)c3o2)CC1. The number of nitrogens with zero attached hydrogens (tertiary/aromatic N) is 8. The lowest BCUT2D eigenvalue weighted by molar-refractivity contribution is -0.140. The molecule has 3 aromatic rings. The zero-order valence-corrected chi connectivity index (χ0v) is 18.5. The number of aromatic nitrogens is 5. The molecule has 2 saturated heterocycles. The summed E-state index contributed by atoms with van der Waals surface area (Å²) >= 11 is 0. The summed E-state index contributed by atoms with van der Waals surface area (Å²) in [6, 6.07) is 0. The first kappa shape index (κ1) is 22.7. The molecule has 182 valence electrons. The summed E-state index contributed by atoms with van der Waals surface area (Å²) in [5.74, 6) is 0.123. The number of anilines is 2. The molecule has 0 radical (unpaired) electrons. The van der Waals surface area contributed by atoms with Crippen LogP contribution < -0.4 is 10.6 Å². The highest BCUT2D eigenvalue weighted by atomic mass is 19.4. The van der Waals surface area contributed by atoms with E-state index in [0.29, 0.717) is 50.1 Å². The largest absolute Gasteiger partial charge is 0.434 e. The quantitative estimate of drug-likeness (QED) is 0.582. The molecule has 5 heterocycles. The van der Waals surface area contributed by atoms with E-state index in [2.05, 4.69) is 41.8 Å². The topological polar surface area (TPSA) is 123 Å². The van der Waals surface area contributed by atoms with Crippen LogP contribution in [0.4, 0.5) is 24.9 Å². The molecular weight excluding hydrogens is 455 g/mol. The lowest BCUT2D eigenvalue weighted by atomic mass is 10.2. The number of morpholine rings is 1. The number of piperazine rings is 1. The molecule has 5 rings (SSSR count). The first-order chi connectivity index (χ1) is 16.3. The number of alkyl halides is 3. The lowest BCUT2D eigenvalue weighted by Gasteiger charge is -2.31. The second-order valence-electron chi connectivity index (χ2n) is 8.30. The summed E-state index contributed by atoms with van der Waals surface area (Å²) in [4.78, 5) is 26.8. The van der Waals surface area contributed by atoms with Gasteiger partial charge in [0, 0.05) is 45.5 Å². The standard InChI is InChI=1S/C20H24F3N9O2/c1-30-2-4-31(5-3-30)11-13-26-17-14(34-13)18(32-6-8-33-9-7-32)29-16(28-17)12-10-25-19(24)27-15(12)20(21,22)23/h10H,2-9,11H2,1H3,(H2,24,25,27). The van der Waals surface area contributed by atoms with Gasteiger partial charge in [-0.15, -0.1) is 0 Å². The van der Waals surface area contributed by atoms with Crippen LogP contribution in [-0.4, -0.2) is 94.2 Å². The average molecular weight is 479 g/mol. The molecule has 11 nitrogen and oxygen atoms in total. The first-order valence-electron chi connectivity index (χ1n) is 10.9. The highest BCUT2D eigenvalue weighted by molar-refractivity contribution is 5.84. The van der Waals surface area contributed by atoms with Crippen LogP contribution in [0.1, 0.15) is 11.6 Å². The summed E-state index contributed by atoms with van der Waals surface area (Å²) in [6.45, 7) is 5.99. The van der Waals surface area contributed by atoms with Crippen LogP contribution in [-0.2, 0) is 17.5 Å². The summed E-state index contributed by atoms with van der Waals surface area (Å²) in [5.41, 5.74) is 4.36. The number of likely N-dealkylation sites (N-methyl/N-ethyl adjacent to an activating group) is 1. The van der Waals surface area contributed by atoms with E-state index >= 15 is 0 Å². The monoisotopic (exact) mass is 479 g/mol. The molecule has 0 aromatic carbocycles. The third kappa shape index (κ3) is 4.60. The molecular formula is C20H24F3N9O2. The van der Waals surface area contributed by atoms with Crippen LogP contribution in [0, 0.1) is 0 Å². The predicted molar refractivity (Wildman–Crippen MR) is 116 cm³/mol. The van der Waals surface area contributed by atoms with Gasteiger partial charge < -0.3 is 24.7 Å². The van der Waals surface area contributed by atoms with Crippen molar-refractivity contribution < 1.29 is 22.3 Å². The second kappa shape index (κ2) is 8.92. The molecule has 0 saturated carbocycles. The van der Waals surface area contributed by atoms with E-state index in [4.69, 9.17) is 14.9 Å². The van der Waals surface area contributed by atoms with Crippen molar-refractivity contribution in [3.05, 3.63) is 17.8 Å². The first-order valence-corrected chi connectivity index (χ1v) is 10.9. The van der Waals surface area contributed by atoms with Crippen molar-refractivity contribution in [3.8, 4) is 11.4 Å². The van der Waals surface area contributed by atoms with Gasteiger partial charge in [0.25, 0.3) is 0 Å². The molecule has 0 spiro atoms. The number of oxazole rings is 1. The van der Waals surface area contributed by atoms with Gasteiger partial charge in [0.1, 0.15) is 0 Å². The zero-order chi connectivity index (χ0) is 23.9. The lowest BCUT2D eigenvalue weighted by Crippen LogP contribution is -2.43. The zero-order valence-electron chi connectivity index (χ0n) is 18.5. The van der Waals surface area contributed by atoms with Crippen LogP contribution in [0.2, 0.25) is 0 Å². The summed E-state index contributed by atoms with van der Waals surface area (Å²) in [6.07, 6.45) is -3.78. The molecule has 0 bridgehead atoms. The Kier molecular flexibility index (Phi) is 5.95. The van der Waals surface area contributed by atoms with Crippen LogP contribution >= 0.6 is 0 Å². The maximum absolute atomic E-state index is 13.7. The van der Waals surface area contributed by atoms with Crippen molar-refractivity contribution >= 4 is 23.0 Å². The van der Waals surface area contributed by atoms with Crippen LogP contribution in [0.5, 0.6) is 0 Å². The third-order valence-corrected chi connectivity index (χ3v) is 5.86. The van der Waals surface area contributed by atoms with Gasteiger partial charge in [-0.2, -0.15) is 18.2 Å². The smallest absolute Gasteiger partial charge is 0.434 e. The predicted octanol–water partition coefficient (Wildman–Crippen LogP) is 1.26. The molecule has 0 amide bonds. The van der Waals surface area contributed by atoms with Crippen molar-refractivity contribution in [2.24, 2.45) is 0 Å². The Balaban J connectivity index is 1.58. The number of hydrogen-bond acceptors (Lipinski definition) is 11. The van der Waals surface area contributed by atoms with Gasteiger partial charge in [0.2, 0.25) is 23.1 Å². The maximum Gasteiger partial charge on any atom is 0.434 e. The van der Waals surface area contributed by atoms with Crippen LogP contribution in [0.3, 0.4) is 0 Å². The van der Waals surface area contributed by atoms with E-state index in [1.54, 1.807) is 0 Å². The Morgan fingerprint density at radius 3 is 2.44 bits per heavy atom. The minimum Gasteiger partial charge on any atom is -0.434 e. The van der Waals surface area contributed by atoms with E-state index < -0.39 is 17.8 Å². The molecule has 0 unspecified atom stereocenters. The molecule has 2 fully saturated rings. The number of hydrogen-bond donors (Lipinski definition) is 1. The molecule has 2 N–H and O–H groups in total. The Labute approximate surface area is 192 Å². The number of rotatable bonds is 4. The fraction of sp³-hybridized carbons (Fsp3) is 0.550. The van der Waals surface area contributed by atoms with Crippen LogP contribution in [0.25, 0.3) is 22.6 Å². The minimum atomic E-state index is -4.76. The van der Waals surface area contributed by atoms with Gasteiger partial charge in [-0.05, 0) is 7.05 Å². The average Bonchev–Trinajstić information content (AvgIpc) is 3.22. The molecule has 14 heteroatoms. The molecule has 3 aromatic heterocycles. The molecule has 0 aliphatic carbocycles. The fourth-order valence-corrected chi connectivity index (χ4v) is 4.00. The number of nitrogen functional groups attached to an aromatic ring is 1. The number of nitrogens with two attached hydrogens (primary N) is 1. The van der Waals surface area contributed by atoms with Crippen molar-refractivity contribution in [2.45, 2.75) is 12.7 Å². The van der Waals surface area contributed by atoms with E-state index in [0.717, 1.165) is 32.4 Å². The van der Waals surface area contributed by atoms with Crippen molar-refractivity contribution in [1.29, 1.82) is 0 Å². The van der Waals surface area contributed by atoms with Crippen molar-refractivity contribution in [3.63, 3.8) is 0 Å². The number of ether oxygens (including phenoxy) is 1. The molecule has 34 heavy (non-hydrogen) atoms. The fourth-order valence-electron chi connectivity index (χ4n) is 4.00. The van der Waals surface area contributed by atoms with Crippen molar-refractivity contribution in [2.75, 3.05) is 70.2 Å². The van der Waals surface area contributed by atoms with Gasteiger partial charge in [-0.25, -0.2) is 19.9 Å². The Hall–Kier alpha value is -3.10. The molecule has 2 aliphatic heterocycles. The van der Waals surface area contributed by atoms with Gasteiger partial charge in [-0.1, -0.05) is 0 Å². The highest BCUT2D eigenvalue weighted by Crippen LogP contribution is 2.36. The van der Waals surface area contributed by atoms with Crippen molar-refractivity contribution in [1.82, 2.24) is 34.7 Å². The summed E-state index contributed by atoms with van der Waals surface area (Å²) in [5, 5.41) is 0. The Morgan fingerprint density at radius 1 is 1.00 bits per heavy atom. The highest BCUT2D eigenvalue weighted by Gasteiger charge is 2.38. The Bertz CT molecular complexity index is 1170. The van der Waals surface area contributed by atoms with E-state index in [-0.39, 0.29) is 17.0 Å². The number of fused-ring (bicyclic) bond motifs is 1. The third-order valence-electron chi connectivity index (χ3n) is 5.86. The summed E-state index contributed by atoms with van der Waals surface area (Å²) < 4.78 is 52.6. The van der Waals surface area contributed by atoms with E-state index in [9.17, 15) is 13.2 Å². The molecule has 2 aliphatic rings. The normalized spacial score (nSPS) is 18.6. The molecule has 0 atom stereocenters. The van der Waals surface area contributed by atoms with Gasteiger partial charge in [0.15, 0.2) is 17.3 Å². The minimum absolute atomic E-state index is 0.181. The maximum atomic E-state index is 13.7. The van der Waals surface area contributed by atoms with Gasteiger partial charge in [0.05, 0.1) is 25.3 Å². The van der Waals surface area contributed by atoms with Gasteiger partial charge in [-0.3, -0.25) is 4.90 Å². The van der Waals surface area contributed by atoms with Crippen LogP contribution in [0.15, 0.2) is 10.6 Å². The van der Waals surface area contributed by atoms with E-state index in [1.165, 1.54) is 0 Å². The second-order valence-corrected chi connectivity index (χ2v) is 8.30.